The van der Waals surface area contributed by atoms with Gasteiger partial charge in [0.05, 0.1) is 10.6 Å². The maximum atomic E-state index is 12.7. The molecule has 0 spiro atoms. The summed E-state index contributed by atoms with van der Waals surface area (Å²) in [5.74, 6) is 0.0901. The zero-order valence-electron chi connectivity index (χ0n) is 16.7. The normalized spacial score (nSPS) is 10.9. The van der Waals surface area contributed by atoms with Crippen molar-refractivity contribution in [3.63, 3.8) is 0 Å². The summed E-state index contributed by atoms with van der Waals surface area (Å²) in [5.41, 5.74) is 6.03. The van der Waals surface area contributed by atoms with E-state index < -0.39 is 0 Å². The minimum absolute atomic E-state index is 0.0901. The molecule has 0 N–H and O–H groups in total. The van der Waals surface area contributed by atoms with Crippen LogP contribution in [0, 0.1) is 13.8 Å². The topological polar surface area (TPSA) is 55.7 Å². The van der Waals surface area contributed by atoms with Crippen LogP contribution in [0.15, 0.2) is 61.1 Å². The number of Topliss-reactive ketones (excluding diaryl/α,β-unsaturated/α-hetero) is 1. The summed E-state index contributed by atoms with van der Waals surface area (Å²) < 4.78 is 0. The summed E-state index contributed by atoms with van der Waals surface area (Å²) in [6, 6.07) is 13.6. The van der Waals surface area contributed by atoms with E-state index in [2.05, 4.69) is 21.0 Å². The monoisotopic (exact) mass is 433 g/mol. The fourth-order valence-corrected chi connectivity index (χ4v) is 4.37. The summed E-state index contributed by atoms with van der Waals surface area (Å²) in [7, 11) is 0. The molecule has 0 bridgehead atoms. The lowest BCUT2D eigenvalue weighted by Gasteiger charge is -2.08. The number of ketones is 1. The molecule has 0 aliphatic rings. The lowest BCUT2D eigenvalue weighted by molar-refractivity contribution is 0.0986. The molecule has 30 heavy (non-hydrogen) atoms. The average Bonchev–Trinajstić information content (AvgIpc) is 3.22. The summed E-state index contributed by atoms with van der Waals surface area (Å²) >= 11 is 7.45. The number of aromatic nitrogens is 3. The van der Waals surface area contributed by atoms with Gasteiger partial charge in [0.1, 0.15) is 5.01 Å². The van der Waals surface area contributed by atoms with Crippen molar-refractivity contribution in [3.8, 4) is 21.8 Å². The smallest absolute Gasteiger partial charge is 0.174 e. The van der Waals surface area contributed by atoms with Gasteiger partial charge in [-0.15, -0.1) is 11.3 Å². The molecule has 0 radical (unpaired) electrons. The number of aryl methyl sites for hydroxylation is 3. The van der Waals surface area contributed by atoms with Crippen LogP contribution in [0.5, 0.6) is 0 Å². The van der Waals surface area contributed by atoms with Crippen molar-refractivity contribution in [1.29, 1.82) is 0 Å². The fourth-order valence-electron chi connectivity index (χ4n) is 3.30. The Morgan fingerprint density at radius 1 is 1.00 bits per heavy atom. The number of rotatable bonds is 6. The minimum Gasteiger partial charge on any atom is -0.293 e. The van der Waals surface area contributed by atoms with E-state index in [0.717, 1.165) is 38.6 Å². The second kappa shape index (κ2) is 8.86. The van der Waals surface area contributed by atoms with Crippen molar-refractivity contribution >= 4 is 28.7 Å². The molecule has 4 rings (SSSR count). The van der Waals surface area contributed by atoms with E-state index in [4.69, 9.17) is 11.6 Å². The van der Waals surface area contributed by atoms with Crippen LogP contribution >= 0.6 is 22.9 Å². The number of pyridine rings is 2. The molecule has 0 aliphatic carbocycles. The third-order valence-corrected chi connectivity index (χ3v) is 6.12. The molecule has 0 saturated carbocycles. The van der Waals surface area contributed by atoms with E-state index >= 15 is 0 Å². The highest BCUT2D eigenvalue weighted by Gasteiger charge is 2.13. The molecule has 0 aliphatic heterocycles. The summed E-state index contributed by atoms with van der Waals surface area (Å²) in [6.07, 6.45) is 6.38. The molecule has 6 heteroatoms. The first kappa shape index (κ1) is 20.4. The van der Waals surface area contributed by atoms with E-state index in [1.54, 1.807) is 12.4 Å². The van der Waals surface area contributed by atoms with Crippen LogP contribution in [0.4, 0.5) is 0 Å². The van der Waals surface area contributed by atoms with Gasteiger partial charge in [-0.1, -0.05) is 29.8 Å². The zero-order chi connectivity index (χ0) is 21.1. The van der Waals surface area contributed by atoms with E-state index in [1.165, 1.54) is 11.3 Å². The molecule has 0 amide bonds. The first-order valence-corrected chi connectivity index (χ1v) is 10.8. The maximum absolute atomic E-state index is 12.7. The highest BCUT2D eigenvalue weighted by molar-refractivity contribution is 7.16. The molecule has 0 unspecified atom stereocenters. The van der Waals surface area contributed by atoms with Gasteiger partial charge in [0, 0.05) is 46.9 Å². The molecule has 1 aromatic carbocycles. The fraction of sp³-hybridized carbons (Fsp3) is 0.167. The van der Waals surface area contributed by atoms with Crippen molar-refractivity contribution in [2.24, 2.45) is 0 Å². The number of benzene rings is 1. The molecule has 3 aromatic heterocycles. The summed E-state index contributed by atoms with van der Waals surface area (Å²) in [5, 5.41) is 1.46. The summed E-state index contributed by atoms with van der Waals surface area (Å²) in [6.45, 7) is 4.01. The molecule has 3 heterocycles. The quantitative estimate of drug-likeness (QED) is 0.332. The van der Waals surface area contributed by atoms with E-state index in [9.17, 15) is 4.79 Å². The maximum Gasteiger partial charge on any atom is 0.174 e. The molecule has 0 fully saturated rings. The first-order valence-electron chi connectivity index (χ1n) is 9.63. The van der Waals surface area contributed by atoms with Gasteiger partial charge in [0.2, 0.25) is 0 Å². The van der Waals surface area contributed by atoms with E-state index in [1.807, 2.05) is 56.4 Å². The molecule has 0 atom stereocenters. The van der Waals surface area contributed by atoms with Gasteiger partial charge in [-0.05, 0) is 55.7 Å². The average molecular weight is 434 g/mol. The van der Waals surface area contributed by atoms with E-state index in [0.29, 0.717) is 22.7 Å². The Morgan fingerprint density at radius 3 is 2.63 bits per heavy atom. The van der Waals surface area contributed by atoms with Gasteiger partial charge in [0.25, 0.3) is 0 Å². The SMILES string of the molecule is Cc1cc(-c2ncc(CCC(=O)c3cnc(-c4cccc(Cl)c4)s3)cc2C)ccn1. The standard InChI is InChI=1S/C24H20ClN3OS/c1-15-10-17(13-27-23(15)18-8-9-26-16(2)11-18)6-7-21(29)22-14-28-24(30-22)19-4-3-5-20(25)12-19/h3-5,8-14H,6-7H2,1-2H3. The Hall–Kier alpha value is -2.89. The Balaban J connectivity index is 1.44. The molecule has 150 valence electrons. The Morgan fingerprint density at radius 2 is 1.87 bits per heavy atom. The molecule has 0 saturated heterocycles. The summed E-state index contributed by atoms with van der Waals surface area (Å²) in [4.78, 5) is 26.6. The van der Waals surface area contributed by atoms with Crippen LogP contribution < -0.4 is 0 Å². The largest absolute Gasteiger partial charge is 0.293 e. The van der Waals surface area contributed by atoms with Crippen molar-refractivity contribution in [1.82, 2.24) is 15.0 Å². The van der Waals surface area contributed by atoms with Gasteiger partial charge < -0.3 is 0 Å². The minimum atomic E-state index is 0.0901. The second-order valence-corrected chi connectivity index (χ2v) is 8.63. The number of hydrogen-bond donors (Lipinski definition) is 0. The number of thiazole rings is 1. The zero-order valence-corrected chi connectivity index (χ0v) is 18.3. The van der Waals surface area contributed by atoms with Crippen molar-refractivity contribution in [3.05, 3.63) is 87.8 Å². The number of carbonyl (C=O) groups is 1. The van der Waals surface area contributed by atoms with Crippen molar-refractivity contribution in [2.75, 3.05) is 0 Å². The van der Waals surface area contributed by atoms with Gasteiger partial charge in [-0.3, -0.25) is 14.8 Å². The molecular weight excluding hydrogens is 414 g/mol. The number of hydrogen-bond acceptors (Lipinski definition) is 5. The predicted molar refractivity (Wildman–Crippen MR) is 122 cm³/mol. The molecular formula is C24H20ClN3OS. The van der Waals surface area contributed by atoms with E-state index in [-0.39, 0.29) is 5.78 Å². The van der Waals surface area contributed by atoms with Crippen molar-refractivity contribution < 1.29 is 4.79 Å². The second-order valence-electron chi connectivity index (χ2n) is 7.16. The number of nitrogens with zero attached hydrogens (tertiary/aromatic N) is 3. The Labute approximate surface area is 184 Å². The lowest BCUT2D eigenvalue weighted by Crippen LogP contribution is -2.00. The van der Waals surface area contributed by atoms with Crippen LogP contribution in [-0.2, 0) is 6.42 Å². The van der Waals surface area contributed by atoms with Crippen LogP contribution in [0.1, 0.15) is 32.9 Å². The van der Waals surface area contributed by atoms with Crippen LogP contribution in [0.2, 0.25) is 5.02 Å². The van der Waals surface area contributed by atoms with Crippen molar-refractivity contribution in [2.45, 2.75) is 26.7 Å². The van der Waals surface area contributed by atoms with Gasteiger partial charge >= 0.3 is 0 Å². The number of carbonyl (C=O) groups excluding carboxylic acids is 1. The van der Waals surface area contributed by atoms with Gasteiger partial charge in [0.15, 0.2) is 5.78 Å². The Bertz CT molecular complexity index is 1220. The van der Waals surface area contributed by atoms with Crippen LogP contribution in [0.25, 0.3) is 21.8 Å². The predicted octanol–water partition coefficient (Wildman–Crippen LogP) is 6.35. The molecule has 4 nitrogen and oxygen atoms in total. The highest BCUT2D eigenvalue weighted by atomic mass is 35.5. The van der Waals surface area contributed by atoms with Crippen LogP contribution in [0.3, 0.4) is 0 Å². The van der Waals surface area contributed by atoms with Gasteiger partial charge in [-0.2, -0.15) is 0 Å². The first-order chi connectivity index (χ1) is 14.5. The number of halogens is 1. The van der Waals surface area contributed by atoms with Gasteiger partial charge in [-0.25, -0.2) is 4.98 Å². The third kappa shape index (κ3) is 4.64. The van der Waals surface area contributed by atoms with Crippen LogP contribution in [-0.4, -0.2) is 20.7 Å². The lowest BCUT2D eigenvalue weighted by atomic mass is 10.0. The molecule has 4 aromatic rings. The highest BCUT2D eigenvalue weighted by Crippen LogP contribution is 2.28. The third-order valence-electron chi connectivity index (χ3n) is 4.80. The Kier molecular flexibility index (Phi) is 6.02.